The van der Waals surface area contributed by atoms with Crippen molar-refractivity contribution in [3.63, 3.8) is 0 Å². The van der Waals surface area contributed by atoms with Crippen LogP contribution in [-0.4, -0.2) is 31.4 Å². The Morgan fingerprint density at radius 2 is 1.79 bits per heavy atom. The Balaban J connectivity index is 0.000000283. The first-order valence-corrected chi connectivity index (χ1v) is 11.2. The van der Waals surface area contributed by atoms with Crippen LogP contribution in [0.1, 0.15) is 97.3 Å². The summed E-state index contributed by atoms with van der Waals surface area (Å²) in [5, 5.41) is 0. The van der Waals surface area contributed by atoms with E-state index in [0.717, 1.165) is 32.1 Å². The average Bonchev–Trinajstić information content (AvgIpc) is 3.00. The zero-order chi connectivity index (χ0) is 20.8. The number of cyclic esters (lactones) is 1. The average molecular weight is 397 g/mol. The van der Waals surface area contributed by atoms with Gasteiger partial charge in [-0.3, -0.25) is 14.4 Å². The van der Waals surface area contributed by atoms with E-state index in [0.29, 0.717) is 49.9 Å². The van der Waals surface area contributed by atoms with Gasteiger partial charge in [-0.1, -0.05) is 52.4 Å². The predicted octanol–water partition coefficient (Wildman–Crippen LogP) is 5.25. The number of rotatable bonds is 5. The fourth-order valence-electron chi connectivity index (χ4n) is 4.06. The molecule has 0 radical (unpaired) electrons. The molecule has 28 heavy (non-hydrogen) atoms. The van der Waals surface area contributed by atoms with Gasteiger partial charge in [-0.25, -0.2) is 0 Å². The molecule has 0 aromatic carbocycles. The van der Waals surface area contributed by atoms with E-state index >= 15 is 0 Å². The lowest BCUT2D eigenvalue weighted by molar-refractivity contribution is -0.144. The van der Waals surface area contributed by atoms with Gasteiger partial charge in [0.15, 0.2) is 0 Å². The standard InChI is InChI=1S/C12H20O3.C11H20O2/c1-3-4-5-9-6-11(13)7-10(9)8-12(14)15-2;1-10-6-4-2-3-5-9-13-11(12)8-7-10/h9-10H,3-8H2,1-2H3;10H,2-9H2,1H3. The summed E-state index contributed by atoms with van der Waals surface area (Å²) in [6, 6.07) is 0. The molecule has 0 bridgehead atoms. The van der Waals surface area contributed by atoms with E-state index in [2.05, 4.69) is 18.6 Å². The van der Waals surface area contributed by atoms with Crippen LogP contribution in [0.3, 0.4) is 0 Å². The van der Waals surface area contributed by atoms with Crippen molar-refractivity contribution in [3.8, 4) is 0 Å². The molecule has 1 heterocycles. The van der Waals surface area contributed by atoms with Crippen LogP contribution in [0.2, 0.25) is 0 Å². The summed E-state index contributed by atoms with van der Waals surface area (Å²) in [5.41, 5.74) is 0. The lowest BCUT2D eigenvalue weighted by Gasteiger charge is -2.16. The Hall–Kier alpha value is -1.39. The van der Waals surface area contributed by atoms with Gasteiger partial charge in [0.2, 0.25) is 0 Å². The molecule has 1 saturated heterocycles. The van der Waals surface area contributed by atoms with Crippen LogP contribution >= 0.6 is 0 Å². The van der Waals surface area contributed by atoms with Gasteiger partial charge in [0.25, 0.3) is 0 Å². The van der Waals surface area contributed by atoms with E-state index in [1.165, 1.54) is 32.8 Å². The van der Waals surface area contributed by atoms with Crippen molar-refractivity contribution in [1.29, 1.82) is 0 Å². The number of ketones is 1. The Kier molecular flexibility index (Phi) is 12.8. The Bertz CT molecular complexity index is 474. The maximum Gasteiger partial charge on any atom is 0.305 e. The molecule has 162 valence electrons. The van der Waals surface area contributed by atoms with Gasteiger partial charge in [-0.05, 0) is 37.0 Å². The van der Waals surface area contributed by atoms with Crippen molar-refractivity contribution in [2.75, 3.05) is 13.7 Å². The molecule has 3 unspecified atom stereocenters. The van der Waals surface area contributed by atoms with Crippen LogP contribution in [0, 0.1) is 17.8 Å². The van der Waals surface area contributed by atoms with Crippen LogP contribution in [0.5, 0.6) is 0 Å². The summed E-state index contributed by atoms with van der Waals surface area (Å²) in [5.74, 6) is 1.45. The first kappa shape index (κ1) is 24.6. The van der Waals surface area contributed by atoms with Crippen molar-refractivity contribution in [3.05, 3.63) is 0 Å². The van der Waals surface area contributed by atoms with Gasteiger partial charge in [-0.2, -0.15) is 0 Å². The van der Waals surface area contributed by atoms with Gasteiger partial charge in [-0.15, -0.1) is 0 Å². The minimum Gasteiger partial charge on any atom is -0.469 e. The third-order valence-electron chi connectivity index (χ3n) is 5.93. The monoisotopic (exact) mass is 396 g/mol. The molecule has 0 aromatic rings. The third-order valence-corrected chi connectivity index (χ3v) is 5.93. The van der Waals surface area contributed by atoms with Gasteiger partial charge < -0.3 is 9.47 Å². The smallest absolute Gasteiger partial charge is 0.305 e. The molecular formula is C23H40O5. The van der Waals surface area contributed by atoms with E-state index in [1.54, 1.807) is 0 Å². The van der Waals surface area contributed by atoms with Crippen LogP contribution in [0.25, 0.3) is 0 Å². The summed E-state index contributed by atoms with van der Waals surface area (Å²) >= 11 is 0. The second-order valence-corrected chi connectivity index (χ2v) is 8.46. The van der Waals surface area contributed by atoms with E-state index < -0.39 is 0 Å². The SMILES string of the molecule is CC1CCCCCCOC(=O)CC1.CCCCC1CC(=O)CC1CC(=O)OC. The number of Topliss-reactive ketones (excluding diaryl/α,β-unsaturated/α-hetero) is 1. The van der Waals surface area contributed by atoms with E-state index in [-0.39, 0.29) is 17.9 Å². The van der Waals surface area contributed by atoms with Crippen LogP contribution < -0.4 is 0 Å². The summed E-state index contributed by atoms with van der Waals surface area (Å²) in [4.78, 5) is 33.6. The fraction of sp³-hybridized carbons (Fsp3) is 0.870. The highest BCUT2D eigenvalue weighted by molar-refractivity contribution is 5.82. The van der Waals surface area contributed by atoms with E-state index in [4.69, 9.17) is 4.74 Å². The fourth-order valence-corrected chi connectivity index (χ4v) is 4.06. The number of hydrogen-bond acceptors (Lipinski definition) is 5. The second-order valence-electron chi connectivity index (χ2n) is 8.46. The molecule has 0 aromatic heterocycles. The molecule has 3 atom stereocenters. The number of carbonyl (C=O) groups is 3. The lowest BCUT2D eigenvalue weighted by atomic mass is 9.89. The molecule has 0 N–H and O–H groups in total. The number of esters is 2. The Morgan fingerprint density at radius 3 is 2.50 bits per heavy atom. The molecule has 5 nitrogen and oxygen atoms in total. The zero-order valence-electron chi connectivity index (χ0n) is 18.2. The molecule has 2 rings (SSSR count). The van der Waals surface area contributed by atoms with Crippen molar-refractivity contribution in [2.45, 2.75) is 97.3 Å². The Labute approximate surface area is 170 Å². The molecule has 1 aliphatic carbocycles. The van der Waals surface area contributed by atoms with Gasteiger partial charge >= 0.3 is 11.9 Å². The highest BCUT2D eigenvalue weighted by atomic mass is 16.5. The van der Waals surface area contributed by atoms with Crippen molar-refractivity contribution >= 4 is 17.7 Å². The lowest BCUT2D eigenvalue weighted by Crippen LogP contribution is -2.14. The van der Waals surface area contributed by atoms with Gasteiger partial charge in [0, 0.05) is 25.7 Å². The summed E-state index contributed by atoms with van der Waals surface area (Å²) in [6.07, 6.45) is 12.8. The quantitative estimate of drug-likeness (QED) is 0.594. The summed E-state index contributed by atoms with van der Waals surface area (Å²) in [7, 11) is 1.40. The molecule has 0 spiro atoms. The molecule has 1 aliphatic heterocycles. The molecule has 0 amide bonds. The molecule has 2 fully saturated rings. The zero-order valence-corrected chi connectivity index (χ0v) is 18.2. The number of methoxy groups -OCH3 is 1. The highest BCUT2D eigenvalue weighted by Gasteiger charge is 2.33. The topological polar surface area (TPSA) is 69.7 Å². The number of unbranched alkanes of at least 4 members (excludes halogenated alkanes) is 1. The molecule has 1 saturated carbocycles. The van der Waals surface area contributed by atoms with E-state index in [9.17, 15) is 14.4 Å². The normalized spacial score (nSPS) is 26.5. The second kappa shape index (κ2) is 14.6. The van der Waals surface area contributed by atoms with Crippen LogP contribution in [0.4, 0.5) is 0 Å². The van der Waals surface area contributed by atoms with Crippen molar-refractivity contribution in [2.24, 2.45) is 17.8 Å². The molecular weight excluding hydrogens is 356 g/mol. The maximum atomic E-state index is 11.3. The predicted molar refractivity (Wildman–Crippen MR) is 110 cm³/mol. The van der Waals surface area contributed by atoms with E-state index in [1.807, 2.05) is 0 Å². The number of carbonyl (C=O) groups excluding carboxylic acids is 3. The van der Waals surface area contributed by atoms with Crippen molar-refractivity contribution in [1.82, 2.24) is 0 Å². The maximum absolute atomic E-state index is 11.3. The first-order chi connectivity index (χ1) is 13.5. The molecule has 2 aliphatic rings. The molecule has 5 heteroatoms. The highest BCUT2D eigenvalue weighted by Crippen LogP contribution is 2.35. The first-order valence-electron chi connectivity index (χ1n) is 11.2. The van der Waals surface area contributed by atoms with Crippen LogP contribution in [-0.2, 0) is 23.9 Å². The Morgan fingerprint density at radius 1 is 1.07 bits per heavy atom. The number of hydrogen-bond donors (Lipinski definition) is 0. The van der Waals surface area contributed by atoms with Crippen molar-refractivity contribution < 1.29 is 23.9 Å². The number of ether oxygens (including phenoxy) is 2. The van der Waals surface area contributed by atoms with Crippen LogP contribution in [0.15, 0.2) is 0 Å². The summed E-state index contributed by atoms with van der Waals surface area (Å²) < 4.78 is 9.73. The minimum absolute atomic E-state index is 0.00579. The minimum atomic E-state index is -0.184. The summed E-state index contributed by atoms with van der Waals surface area (Å²) in [6.45, 7) is 5.00. The van der Waals surface area contributed by atoms with Gasteiger partial charge in [0.05, 0.1) is 13.7 Å². The van der Waals surface area contributed by atoms with Gasteiger partial charge in [0.1, 0.15) is 5.78 Å². The largest absolute Gasteiger partial charge is 0.469 e. The third kappa shape index (κ3) is 10.8.